The minimum Gasteiger partial charge on any atom is -0.444 e. The average molecular weight is 644 g/mol. The highest BCUT2D eigenvalue weighted by Crippen LogP contribution is 2.33. The second kappa shape index (κ2) is 12.0. The lowest BCUT2D eigenvalue weighted by molar-refractivity contribution is -0.0565. The summed E-state index contributed by atoms with van der Waals surface area (Å²) in [7, 11) is -1.26. The molecule has 12 nitrogen and oxygen atoms in total. The molecule has 224 valence electrons. The highest BCUT2D eigenvalue weighted by molar-refractivity contribution is 9.10. The van der Waals surface area contributed by atoms with Crippen molar-refractivity contribution in [1.29, 1.82) is 0 Å². The van der Waals surface area contributed by atoms with E-state index in [-0.39, 0.29) is 47.0 Å². The molecule has 0 bridgehead atoms. The quantitative estimate of drug-likeness (QED) is 0.165. The highest BCUT2D eigenvalue weighted by Gasteiger charge is 2.37. The van der Waals surface area contributed by atoms with Crippen LogP contribution in [0.4, 0.5) is 10.5 Å². The minimum absolute atomic E-state index is 0.00933. The van der Waals surface area contributed by atoms with Crippen LogP contribution in [-0.2, 0) is 14.2 Å². The van der Waals surface area contributed by atoms with Gasteiger partial charge in [0.1, 0.15) is 11.3 Å². The van der Waals surface area contributed by atoms with Crippen molar-refractivity contribution in [3.05, 3.63) is 20.8 Å². The fourth-order valence-electron chi connectivity index (χ4n) is 4.81. The van der Waals surface area contributed by atoms with Crippen LogP contribution in [0.15, 0.2) is 9.53 Å². The molecule has 4 rings (SSSR count). The zero-order chi connectivity index (χ0) is 29.4. The molecule has 1 amide bonds. The molecule has 14 heteroatoms. The van der Waals surface area contributed by atoms with E-state index in [4.69, 9.17) is 19.0 Å². The van der Waals surface area contributed by atoms with Crippen LogP contribution in [0.1, 0.15) is 52.7 Å². The fourth-order valence-corrected chi connectivity index (χ4v) is 5.88. The van der Waals surface area contributed by atoms with Gasteiger partial charge in [0.2, 0.25) is 11.5 Å². The smallest absolute Gasteiger partial charge is 0.410 e. The summed E-state index contributed by atoms with van der Waals surface area (Å²) in [6, 6.07) is 0.829. The first-order valence-corrected chi connectivity index (χ1v) is 18.4. The van der Waals surface area contributed by atoms with Gasteiger partial charge >= 0.3 is 6.09 Å². The fraction of sp³-hybridized carbons (Fsp3) is 0.769. The molecule has 2 aromatic rings. The lowest BCUT2D eigenvalue weighted by Gasteiger charge is -2.41. The second-order valence-electron chi connectivity index (χ2n) is 13.0. The molecule has 2 fully saturated rings. The molecule has 0 spiro atoms. The van der Waals surface area contributed by atoms with Gasteiger partial charge in [0.25, 0.3) is 11.3 Å². The van der Waals surface area contributed by atoms with E-state index in [1.54, 1.807) is 9.63 Å². The molecule has 0 saturated carbocycles. The number of carbonyl (C=O) groups is 1. The van der Waals surface area contributed by atoms with E-state index in [0.29, 0.717) is 44.2 Å². The van der Waals surface area contributed by atoms with E-state index in [2.05, 4.69) is 52.6 Å². The molecule has 2 aromatic heterocycles. The zero-order valence-electron chi connectivity index (χ0n) is 24.9. The van der Waals surface area contributed by atoms with Crippen LogP contribution in [0.2, 0.25) is 25.7 Å². The van der Waals surface area contributed by atoms with E-state index < -0.39 is 13.7 Å². The van der Waals surface area contributed by atoms with Crippen LogP contribution < -0.4 is 15.3 Å². The van der Waals surface area contributed by atoms with Gasteiger partial charge in [-0.3, -0.25) is 4.79 Å². The van der Waals surface area contributed by atoms with E-state index in [0.717, 1.165) is 12.5 Å². The Kier molecular flexibility index (Phi) is 9.22. The van der Waals surface area contributed by atoms with Crippen molar-refractivity contribution in [3.8, 4) is 0 Å². The third kappa shape index (κ3) is 7.56. The van der Waals surface area contributed by atoms with Gasteiger partial charge in [-0.15, -0.1) is 9.83 Å². The summed E-state index contributed by atoms with van der Waals surface area (Å²) >= 11 is 3.33. The lowest BCUT2D eigenvalue weighted by Crippen LogP contribution is -2.56. The third-order valence-corrected chi connectivity index (χ3v) is 8.96. The molecule has 0 radical (unpaired) electrons. The number of rotatable bonds is 10. The molecular formula is C26H43BrN6O6Si. The summed E-state index contributed by atoms with van der Waals surface area (Å²) in [6.45, 7) is 19.1. The van der Waals surface area contributed by atoms with Crippen LogP contribution in [0.3, 0.4) is 0 Å². The molecule has 3 atom stereocenters. The Balaban J connectivity index is 1.69. The SMILES string of the molecule is CC(CC1CO1)c1c(N2CCN(C(=O)OC(C)(C)C)[C@H](C)C2)c(=O)n2nc(Br)nc2n1OCOCC[Si](C)(C)C. The van der Waals surface area contributed by atoms with E-state index in [1.807, 2.05) is 32.6 Å². The summed E-state index contributed by atoms with van der Waals surface area (Å²) in [5, 5.41) is 4.32. The number of carbonyl (C=O) groups excluding carboxylic acids is 1. The Bertz CT molecular complexity index is 1270. The molecule has 0 aliphatic carbocycles. The molecule has 2 unspecified atom stereocenters. The Hall–Kier alpha value is -2.16. The number of epoxide rings is 1. The van der Waals surface area contributed by atoms with Gasteiger partial charge in [-0.1, -0.05) is 26.6 Å². The van der Waals surface area contributed by atoms with Crippen LogP contribution in [0, 0.1) is 0 Å². The number of amides is 1. The molecule has 2 aliphatic heterocycles. The number of hydrogen-bond donors (Lipinski definition) is 0. The van der Waals surface area contributed by atoms with Gasteiger partial charge in [-0.05, 0) is 56.1 Å². The molecule has 2 saturated heterocycles. The van der Waals surface area contributed by atoms with Gasteiger partial charge in [0, 0.05) is 46.3 Å². The predicted molar refractivity (Wildman–Crippen MR) is 158 cm³/mol. The van der Waals surface area contributed by atoms with Crippen molar-refractivity contribution in [2.75, 3.05) is 44.5 Å². The number of anilines is 1. The summed E-state index contributed by atoms with van der Waals surface area (Å²) in [5.41, 5.74) is 0.300. The van der Waals surface area contributed by atoms with Crippen molar-refractivity contribution in [2.24, 2.45) is 0 Å². The van der Waals surface area contributed by atoms with Gasteiger partial charge in [-0.25, -0.2) is 4.79 Å². The Morgan fingerprint density at radius 1 is 1.25 bits per heavy atom. The number of ether oxygens (including phenoxy) is 3. The largest absolute Gasteiger partial charge is 0.444 e. The highest BCUT2D eigenvalue weighted by atomic mass is 79.9. The number of nitrogens with zero attached hydrogens (tertiary/aromatic N) is 6. The molecule has 4 heterocycles. The zero-order valence-corrected chi connectivity index (χ0v) is 27.5. The first-order valence-electron chi connectivity index (χ1n) is 13.9. The van der Waals surface area contributed by atoms with Crippen molar-refractivity contribution >= 4 is 41.6 Å². The summed E-state index contributed by atoms with van der Waals surface area (Å²) in [4.78, 5) is 41.2. The number of hydrogen-bond acceptors (Lipinski definition) is 9. The Labute approximate surface area is 245 Å². The number of halogens is 1. The second-order valence-corrected chi connectivity index (χ2v) is 19.3. The average Bonchev–Trinajstić information content (AvgIpc) is 3.55. The topological polar surface area (TPSA) is 116 Å². The normalized spacial score (nSPS) is 20.6. The number of fused-ring (bicyclic) bond motifs is 1. The van der Waals surface area contributed by atoms with Crippen LogP contribution in [0.5, 0.6) is 0 Å². The van der Waals surface area contributed by atoms with Crippen LogP contribution >= 0.6 is 15.9 Å². The summed E-state index contributed by atoms with van der Waals surface area (Å²) in [6.07, 6.45) is 0.514. The van der Waals surface area contributed by atoms with E-state index in [9.17, 15) is 9.59 Å². The summed E-state index contributed by atoms with van der Waals surface area (Å²) < 4.78 is 20.1. The molecule has 0 N–H and O–H groups in total. The van der Waals surface area contributed by atoms with Gasteiger partial charge in [0.05, 0.1) is 18.4 Å². The maximum absolute atomic E-state index is 14.0. The standard InChI is InChI=1S/C26H43BrN6O6Si/c1-17(13-19-15-37-19)20-21(30-9-10-31(18(2)14-30)25(35)39-26(3,4)5)22(34)32-24(28-23(27)29-32)33(20)38-16-36-11-12-40(6,7)8/h17-19H,9-16H2,1-8H3/t17?,18-,19?/m1/s1. The molecule has 2 aliphatic rings. The van der Waals surface area contributed by atoms with E-state index in [1.165, 1.54) is 4.52 Å². The Morgan fingerprint density at radius 3 is 2.55 bits per heavy atom. The van der Waals surface area contributed by atoms with Crippen molar-refractivity contribution < 1.29 is 23.8 Å². The monoisotopic (exact) mass is 642 g/mol. The lowest BCUT2D eigenvalue weighted by atomic mass is 9.99. The van der Waals surface area contributed by atoms with E-state index >= 15 is 0 Å². The first-order chi connectivity index (χ1) is 18.6. The maximum atomic E-state index is 14.0. The molecule has 0 aromatic carbocycles. The summed E-state index contributed by atoms with van der Waals surface area (Å²) in [5.74, 6) is 0.185. The van der Waals surface area contributed by atoms with Gasteiger partial charge < -0.3 is 28.8 Å². The third-order valence-electron chi connectivity index (χ3n) is 6.92. The maximum Gasteiger partial charge on any atom is 0.410 e. The number of aromatic nitrogens is 4. The Morgan fingerprint density at radius 2 is 1.95 bits per heavy atom. The molecular weight excluding hydrogens is 600 g/mol. The van der Waals surface area contributed by atoms with Crippen molar-refractivity contribution in [1.82, 2.24) is 24.2 Å². The minimum atomic E-state index is -1.26. The van der Waals surface area contributed by atoms with Crippen LogP contribution in [0.25, 0.3) is 5.78 Å². The van der Waals surface area contributed by atoms with Crippen molar-refractivity contribution in [3.63, 3.8) is 0 Å². The van der Waals surface area contributed by atoms with Crippen LogP contribution in [-0.4, -0.2) is 95.8 Å². The van der Waals surface area contributed by atoms with Gasteiger partial charge in [0.15, 0.2) is 0 Å². The molecule has 40 heavy (non-hydrogen) atoms. The van der Waals surface area contributed by atoms with Gasteiger partial charge in [-0.2, -0.15) is 9.50 Å². The first kappa shape index (κ1) is 30.8. The van der Waals surface area contributed by atoms with Crippen molar-refractivity contribution in [2.45, 2.75) is 90.4 Å². The number of piperazine rings is 1. The predicted octanol–water partition coefficient (Wildman–Crippen LogP) is 3.73.